The quantitative estimate of drug-likeness (QED) is 0.578. The Balaban J connectivity index is 1.59. The van der Waals surface area contributed by atoms with Gasteiger partial charge in [-0.05, 0) is 24.7 Å². The van der Waals surface area contributed by atoms with E-state index in [0.717, 1.165) is 43.2 Å². The summed E-state index contributed by atoms with van der Waals surface area (Å²) in [5, 5.41) is 0. The van der Waals surface area contributed by atoms with Crippen molar-refractivity contribution < 1.29 is 9.59 Å². The number of nitrogens with zero attached hydrogens (tertiary/aromatic N) is 2. The molecule has 1 fully saturated rings. The van der Waals surface area contributed by atoms with E-state index >= 15 is 0 Å². The number of rotatable bonds is 6. The lowest BCUT2D eigenvalue weighted by molar-refractivity contribution is 0.0643. The van der Waals surface area contributed by atoms with Crippen molar-refractivity contribution in [3.63, 3.8) is 0 Å². The van der Waals surface area contributed by atoms with E-state index in [0.29, 0.717) is 11.3 Å². The highest BCUT2D eigenvalue weighted by Gasteiger charge is 2.21. The van der Waals surface area contributed by atoms with E-state index in [2.05, 4.69) is 11.8 Å². The van der Waals surface area contributed by atoms with E-state index in [4.69, 9.17) is 0 Å². The number of ketones is 1. The van der Waals surface area contributed by atoms with E-state index in [1.807, 2.05) is 59.5 Å². The molecule has 1 heterocycles. The highest BCUT2D eigenvalue weighted by atomic mass is 32.2. The van der Waals surface area contributed by atoms with Gasteiger partial charge in [-0.3, -0.25) is 9.59 Å². The lowest BCUT2D eigenvalue weighted by Gasteiger charge is -2.34. The molecular weight excluding hydrogens is 344 g/mol. The molecule has 0 unspecified atom stereocenters. The first-order valence-electron chi connectivity index (χ1n) is 9.00. The van der Waals surface area contributed by atoms with E-state index in [1.54, 1.807) is 0 Å². The topological polar surface area (TPSA) is 40.6 Å². The molecule has 0 N–H and O–H groups in total. The van der Waals surface area contributed by atoms with Crippen molar-refractivity contribution in [3.8, 4) is 0 Å². The van der Waals surface area contributed by atoms with E-state index in [1.165, 1.54) is 11.8 Å². The van der Waals surface area contributed by atoms with Gasteiger partial charge in [0.25, 0.3) is 5.91 Å². The molecule has 4 nitrogen and oxygen atoms in total. The smallest absolute Gasteiger partial charge is 0.253 e. The van der Waals surface area contributed by atoms with Gasteiger partial charge in [-0.15, -0.1) is 11.8 Å². The second-order valence-corrected chi connectivity index (χ2v) is 7.38. The Labute approximate surface area is 159 Å². The molecule has 2 aromatic rings. The second kappa shape index (κ2) is 9.01. The monoisotopic (exact) mass is 368 g/mol. The Morgan fingerprint density at radius 1 is 0.923 bits per heavy atom. The first-order chi connectivity index (χ1) is 12.7. The zero-order valence-electron chi connectivity index (χ0n) is 15.1. The van der Waals surface area contributed by atoms with Crippen LogP contribution in [0.15, 0.2) is 59.5 Å². The first-order valence-corrected chi connectivity index (χ1v) is 9.98. The summed E-state index contributed by atoms with van der Waals surface area (Å²) in [6, 6.07) is 16.9. The van der Waals surface area contributed by atoms with Crippen molar-refractivity contribution in [2.24, 2.45) is 0 Å². The number of hydrogen-bond donors (Lipinski definition) is 0. The predicted molar refractivity (Wildman–Crippen MR) is 106 cm³/mol. The van der Waals surface area contributed by atoms with Crippen LogP contribution < -0.4 is 0 Å². The standard InChI is InChI=1S/C21H24N2O2S/c1-2-22-11-13-23(14-12-22)21(25)18-9-6-10-19(15-18)26-16-20(24)17-7-4-3-5-8-17/h3-10,15H,2,11-14,16H2,1H3. The van der Waals surface area contributed by atoms with Crippen LogP contribution >= 0.6 is 11.8 Å². The van der Waals surface area contributed by atoms with Gasteiger partial charge in [0, 0.05) is 42.2 Å². The molecule has 26 heavy (non-hydrogen) atoms. The Morgan fingerprint density at radius 3 is 2.31 bits per heavy atom. The number of hydrogen-bond acceptors (Lipinski definition) is 4. The molecule has 1 aliphatic rings. The molecule has 0 bridgehead atoms. The summed E-state index contributed by atoms with van der Waals surface area (Å²) in [4.78, 5) is 30.2. The van der Waals surface area contributed by atoms with Crippen molar-refractivity contribution in [2.75, 3.05) is 38.5 Å². The molecule has 5 heteroatoms. The van der Waals surface area contributed by atoms with Gasteiger partial charge >= 0.3 is 0 Å². The molecule has 0 aromatic heterocycles. The van der Waals surface area contributed by atoms with Crippen LogP contribution in [0, 0.1) is 0 Å². The van der Waals surface area contributed by atoms with Gasteiger partial charge in [0.2, 0.25) is 0 Å². The van der Waals surface area contributed by atoms with Gasteiger partial charge in [0.1, 0.15) is 0 Å². The maximum absolute atomic E-state index is 12.7. The number of piperazine rings is 1. The summed E-state index contributed by atoms with van der Waals surface area (Å²) in [7, 11) is 0. The minimum atomic E-state index is 0.0811. The average Bonchev–Trinajstić information content (AvgIpc) is 2.72. The van der Waals surface area contributed by atoms with Crippen molar-refractivity contribution in [1.82, 2.24) is 9.80 Å². The fraction of sp³-hybridized carbons (Fsp3) is 0.333. The van der Waals surface area contributed by atoms with Gasteiger partial charge in [-0.1, -0.05) is 43.3 Å². The predicted octanol–water partition coefficient (Wildman–Crippen LogP) is 3.44. The third kappa shape index (κ3) is 4.74. The van der Waals surface area contributed by atoms with Crippen LogP contribution in [-0.4, -0.2) is 60.0 Å². The van der Waals surface area contributed by atoms with Crippen LogP contribution in [0.4, 0.5) is 0 Å². The van der Waals surface area contributed by atoms with E-state index in [-0.39, 0.29) is 11.7 Å². The first kappa shape index (κ1) is 18.7. The fourth-order valence-electron chi connectivity index (χ4n) is 3.02. The highest BCUT2D eigenvalue weighted by Crippen LogP contribution is 2.21. The second-order valence-electron chi connectivity index (χ2n) is 6.33. The maximum Gasteiger partial charge on any atom is 0.253 e. The summed E-state index contributed by atoms with van der Waals surface area (Å²) in [6.07, 6.45) is 0. The largest absolute Gasteiger partial charge is 0.336 e. The van der Waals surface area contributed by atoms with Crippen LogP contribution in [0.25, 0.3) is 0 Å². The lowest BCUT2D eigenvalue weighted by atomic mass is 10.1. The summed E-state index contributed by atoms with van der Waals surface area (Å²) in [5.74, 6) is 0.553. The molecule has 0 spiro atoms. The van der Waals surface area contributed by atoms with Crippen LogP contribution in [0.2, 0.25) is 0 Å². The highest BCUT2D eigenvalue weighted by molar-refractivity contribution is 8.00. The summed E-state index contributed by atoms with van der Waals surface area (Å²) in [6.45, 7) is 6.59. The Hall–Kier alpha value is -2.11. The van der Waals surface area contributed by atoms with Gasteiger partial charge in [-0.2, -0.15) is 0 Å². The van der Waals surface area contributed by atoms with Gasteiger partial charge in [-0.25, -0.2) is 0 Å². The molecular formula is C21H24N2O2S. The van der Waals surface area contributed by atoms with Crippen molar-refractivity contribution >= 4 is 23.5 Å². The van der Waals surface area contributed by atoms with Crippen LogP contribution in [0.1, 0.15) is 27.6 Å². The molecule has 136 valence electrons. The van der Waals surface area contributed by atoms with E-state index in [9.17, 15) is 9.59 Å². The SMILES string of the molecule is CCN1CCN(C(=O)c2cccc(SCC(=O)c3ccccc3)c2)CC1. The third-order valence-electron chi connectivity index (χ3n) is 4.65. The maximum atomic E-state index is 12.7. The number of amides is 1. The van der Waals surface area contributed by atoms with Gasteiger partial charge in [0.05, 0.1) is 5.75 Å². The molecule has 0 aliphatic carbocycles. The van der Waals surface area contributed by atoms with Crippen molar-refractivity contribution in [1.29, 1.82) is 0 Å². The minimum Gasteiger partial charge on any atom is -0.336 e. The third-order valence-corrected chi connectivity index (χ3v) is 5.65. The van der Waals surface area contributed by atoms with Gasteiger partial charge in [0.15, 0.2) is 5.78 Å². The minimum absolute atomic E-state index is 0.0811. The number of benzene rings is 2. The zero-order chi connectivity index (χ0) is 18.4. The number of carbonyl (C=O) groups excluding carboxylic acids is 2. The number of likely N-dealkylation sites (N-methyl/N-ethyl adjacent to an activating group) is 1. The van der Waals surface area contributed by atoms with Gasteiger partial charge < -0.3 is 9.80 Å². The van der Waals surface area contributed by atoms with Crippen molar-refractivity contribution in [2.45, 2.75) is 11.8 Å². The Morgan fingerprint density at radius 2 is 1.62 bits per heavy atom. The molecule has 1 aliphatic heterocycles. The zero-order valence-corrected chi connectivity index (χ0v) is 15.9. The van der Waals surface area contributed by atoms with Crippen molar-refractivity contribution in [3.05, 3.63) is 65.7 Å². The molecule has 0 radical (unpaired) electrons. The molecule has 1 amide bonds. The van der Waals surface area contributed by atoms with E-state index < -0.39 is 0 Å². The lowest BCUT2D eigenvalue weighted by Crippen LogP contribution is -2.48. The summed E-state index contributed by atoms with van der Waals surface area (Å²) < 4.78 is 0. The van der Waals surface area contributed by atoms with Crippen LogP contribution in [-0.2, 0) is 0 Å². The average molecular weight is 369 g/mol. The number of carbonyl (C=O) groups is 2. The normalized spacial score (nSPS) is 15.0. The Kier molecular flexibility index (Phi) is 6.47. The number of thioether (sulfide) groups is 1. The molecule has 1 saturated heterocycles. The number of Topliss-reactive ketones (excluding diaryl/α,β-unsaturated/α-hetero) is 1. The Bertz CT molecular complexity index is 756. The molecule has 2 aromatic carbocycles. The van der Waals surface area contributed by atoms with Crippen LogP contribution in [0.3, 0.4) is 0 Å². The molecule has 0 saturated carbocycles. The summed E-state index contributed by atoms with van der Waals surface area (Å²) >= 11 is 1.48. The fourth-order valence-corrected chi connectivity index (χ4v) is 3.87. The molecule has 3 rings (SSSR count). The molecule has 0 atom stereocenters. The summed E-state index contributed by atoms with van der Waals surface area (Å²) in [5.41, 5.74) is 1.42. The van der Waals surface area contributed by atoms with Crippen LogP contribution in [0.5, 0.6) is 0 Å².